The summed E-state index contributed by atoms with van der Waals surface area (Å²) in [6.45, 7) is 4.78. The van der Waals surface area contributed by atoms with E-state index in [9.17, 15) is 9.90 Å². The highest BCUT2D eigenvalue weighted by Gasteiger charge is 2.39. The standard InChI is InChI=1S/C34H27F3N4O4/c1-34(2)18-44-17-28(34)41-27-12-21(33(42)43)10-11-26(27)39-29(41)14-22-24(35)13-23(32(37)31(22)36)25-4-3-5-30(40-25)45-16-20-8-6-19(15-38)7-9-20/h3-13,28H,14,16-18H2,1-2H3,(H,42,43). The van der Waals surface area contributed by atoms with Crippen LogP contribution >= 0.6 is 0 Å². The number of aromatic carboxylic acids is 1. The van der Waals surface area contributed by atoms with Crippen molar-refractivity contribution in [2.45, 2.75) is 32.9 Å². The first kappa shape index (κ1) is 29.8. The molecule has 0 bridgehead atoms. The van der Waals surface area contributed by atoms with Crippen LogP contribution in [0.3, 0.4) is 0 Å². The second-order valence-electron chi connectivity index (χ2n) is 11.6. The molecule has 3 heterocycles. The van der Waals surface area contributed by atoms with E-state index in [4.69, 9.17) is 14.7 Å². The molecule has 5 aromatic rings. The Bertz CT molecular complexity index is 1980. The number of carboxylic acids is 1. The molecule has 1 fully saturated rings. The number of nitrogens with zero attached hydrogens (tertiary/aromatic N) is 4. The number of imidazole rings is 1. The maximum absolute atomic E-state index is 15.7. The van der Waals surface area contributed by atoms with Crippen LogP contribution in [0.2, 0.25) is 0 Å². The molecule has 1 aliphatic heterocycles. The summed E-state index contributed by atoms with van der Waals surface area (Å²) in [7, 11) is 0. The highest BCUT2D eigenvalue weighted by atomic mass is 19.2. The summed E-state index contributed by atoms with van der Waals surface area (Å²) >= 11 is 0. The molecule has 8 nitrogen and oxygen atoms in total. The van der Waals surface area contributed by atoms with Gasteiger partial charge in [0.2, 0.25) is 5.88 Å². The number of nitriles is 1. The number of ether oxygens (including phenoxy) is 2. The summed E-state index contributed by atoms with van der Waals surface area (Å²) in [4.78, 5) is 20.6. The second-order valence-corrected chi connectivity index (χ2v) is 11.6. The Hall–Kier alpha value is -5.21. The van der Waals surface area contributed by atoms with Crippen molar-refractivity contribution >= 4 is 17.0 Å². The van der Waals surface area contributed by atoms with Crippen LogP contribution < -0.4 is 4.74 Å². The zero-order chi connectivity index (χ0) is 31.9. The molecule has 0 saturated carbocycles. The summed E-state index contributed by atoms with van der Waals surface area (Å²) in [5.74, 6) is -4.39. The van der Waals surface area contributed by atoms with Crippen molar-refractivity contribution in [2.24, 2.45) is 5.41 Å². The molecule has 1 N–H and O–H groups in total. The molecule has 0 radical (unpaired) electrons. The zero-order valence-corrected chi connectivity index (χ0v) is 24.4. The van der Waals surface area contributed by atoms with E-state index in [1.807, 2.05) is 19.9 Å². The van der Waals surface area contributed by atoms with Gasteiger partial charge < -0.3 is 19.1 Å². The van der Waals surface area contributed by atoms with Crippen LogP contribution in [0, 0.1) is 34.2 Å². The van der Waals surface area contributed by atoms with Crippen LogP contribution in [0.5, 0.6) is 5.88 Å². The number of hydrogen-bond donors (Lipinski definition) is 1. The minimum absolute atomic E-state index is 0.0209. The van der Waals surface area contributed by atoms with Crippen LogP contribution in [0.25, 0.3) is 22.3 Å². The van der Waals surface area contributed by atoms with Gasteiger partial charge in [0, 0.05) is 29.0 Å². The molecule has 1 atom stereocenters. The minimum atomic E-state index is -1.37. The molecule has 0 aliphatic carbocycles. The Kier molecular flexibility index (Phi) is 7.76. The number of pyridine rings is 1. The summed E-state index contributed by atoms with van der Waals surface area (Å²) in [6, 6.07) is 18.3. The van der Waals surface area contributed by atoms with Crippen LogP contribution in [-0.4, -0.2) is 38.8 Å². The SMILES string of the molecule is CC1(C)COCC1n1c(Cc2c(F)cc(-c3cccc(OCc4ccc(C#N)cc4)n3)c(F)c2F)nc2ccc(C(=O)O)cc21. The van der Waals surface area contributed by atoms with Gasteiger partial charge in [-0.05, 0) is 48.0 Å². The summed E-state index contributed by atoms with van der Waals surface area (Å²) in [5, 5.41) is 18.5. The van der Waals surface area contributed by atoms with Crippen molar-refractivity contribution in [3.8, 4) is 23.2 Å². The minimum Gasteiger partial charge on any atom is -0.478 e. The number of fused-ring (bicyclic) bond motifs is 1. The third-order valence-electron chi connectivity index (χ3n) is 8.03. The van der Waals surface area contributed by atoms with Gasteiger partial charge in [-0.2, -0.15) is 5.26 Å². The third kappa shape index (κ3) is 5.72. The molecule has 3 aromatic carbocycles. The van der Waals surface area contributed by atoms with Gasteiger partial charge in [-0.15, -0.1) is 0 Å². The maximum atomic E-state index is 15.7. The molecule has 45 heavy (non-hydrogen) atoms. The first-order chi connectivity index (χ1) is 21.6. The fourth-order valence-corrected chi connectivity index (χ4v) is 5.55. The van der Waals surface area contributed by atoms with Crippen LogP contribution in [-0.2, 0) is 17.8 Å². The van der Waals surface area contributed by atoms with Gasteiger partial charge in [0.05, 0.1) is 53.2 Å². The molecule has 1 aliphatic rings. The van der Waals surface area contributed by atoms with Crippen LogP contribution in [0.1, 0.15) is 52.8 Å². The van der Waals surface area contributed by atoms with Gasteiger partial charge in [-0.25, -0.2) is 27.9 Å². The highest BCUT2D eigenvalue weighted by Crippen LogP contribution is 2.41. The van der Waals surface area contributed by atoms with E-state index >= 15 is 13.2 Å². The highest BCUT2D eigenvalue weighted by molar-refractivity contribution is 5.92. The number of carbonyl (C=O) groups is 1. The van der Waals surface area contributed by atoms with Crippen LogP contribution in [0.15, 0.2) is 66.7 Å². The Labute approximate surface area is 256 Å². The molecule has 2 aromatic heterocycles. The third-order valence-corrected chi connectivity index (χ3v) is 8.03. The average molecular weight is 613 g/mol. The van der Waals surface area contributed by atoms with Gasteiger partial charge in [0.25, 0.3) is 0 Å². The van der Waals surface area contributed by atoms with Crippen molar-refractivity contribution in [1.29, 1.82) is 5.26 Å². The van der Waals surface area contributed by atoms with E-state index in [1.165, 1.54) is 18.2 Å². The Morgan fingerprint density at radius 1 is 1.09 bits per heavy atom. The lowest BCUT2D eigenvalue weighted by Gasteiger charge is -2.28. The maximum Gasteiger partial charge on any atom is 0.335 e. The first-order valence-corrected chi connectivity index (χ1v) is 14.1. The number of halogens is 3. The fourth-order valence-electron chi connectivity index (χ4n) is 5.55. The molecular formula is C34H27F3N4O4. The molecule has 6 rings (SSSR count). The number of benzene rings is 3. The van der Waals surface area contributed by atoms with Gasteiger partial charge >= 0.3 is 5.97 Å². The van der Waals surface area contributed by atoms with E-state index in [-0.39, 0.29) is 54.2 Å². The quantitative estimate of drug-likeness (QED) is 0.191. The fraction of sp³-hybridized carbons (Fsp3) is 0.235. The van der Waals surface area contributed by atoms with Crippen molar-refractivity contribution in [3.05, 3.63) is 112 Å². The Balaban J connectivity index is 1.34. The molecule has 1 unspecified atom stereocenters. The number of aromatic nitrogens is 3. The molecule has 228 valence electrons. The normalized spacial score (nSPS) is 15.7. The molecular weight excluding hydrogens is 585 g/mol. The molecule has 0 amide bonds. The van der Waals surface area contributed by atoms with Crippen molar-refractivity contribution < 1.29 is 32.5 Å². The first-order valence-electron chi connectivity index (χ1n) is 14.1. The lowest BCUT2D eigenvalue weighted by Crippen LogP contribution is -2.27. The topological polar surface area (TPSA) is 110 Å². The molecule has 11 heteroatoms. The van der Waals surface area contributed by atoms with E-state index in [2.05, 4.69) is 9.97 Å². The molecule has 0 spiro atoms. The number of carboxylic acid groups (broad SMARTS) is 1. The van der Waals surface area contributed by atoms with E-state index in [1.54, 1.807) is 47.0 Å². The number of rotatable bonds is 8. The van der Waals surface area contributed by atoms with Gasteiger partial charge in [0.15, 0.2) is 11.6 Å². The van der Waals surface area contributed by atoms with E-state index in [0.29, 0.717) is 23.2 Å². The van der Waals surface area contributed by atoms with E-state index < -0.39 is 34.4 Å². The second kappa shape index (κ2) is 11.7. The lowest BCUT2D eigenvalue weighted by atomic mass is 9.87. The summed E-state index contributed by atoms with van der Waals surface area (Å²) < 4.78 is 60.1. The Morgan fingerprint density at radius 3 is 2.56 bits per heavy atom. The summed E-state index contributed by atoms with van der Waals surface area (Å²) in [6.07, 6.45) is -0.389. The smallest absolute Gasteiger partial charge is 0.335 e. The van der Waals surface area contributed by atoms with Crippen molar-refractivity contribution in [3.63, 3.8) is 0 Å². The largest absolute Gasteiger partial charge is 0.478 e. The van der Waals surface area contributed by atoms with Gasteiger partial charge in [-0.1, -0.05) is 32.0 Å². The Morgan fingerprint density at radius 2 is 1.87 bits per heavy atom. The zero-order valence-electron chi connectivity index (χ0n) is 24.4. The van der Waals surface area contributed by atoms with Crippen LogP contribution in [0.4, 0.5) is 13.2 Å². The average Bonchev–Trinajstić information content (AvgIpc) is 3.57. The van der Waals surface area contributed by atoms with Gasteiger partial charge in [-0.3, -0.25) is 0 Å². The van der Waals surface area contributed by atoms with Crippen molar-refractivity contribution in [1.82, 2.24) is 14.5 Å². The van der Waals surface area contributed by atoms with Crippen molar-refractivity contribution in [2.75, 3.05) is 13.2 Å². The predicted molar refractivity (Wildman–Crippen MR) is 158 cm³/mol. The number of hydrogen-bond acceptors (Lipinski definition) is 6. The lowest BCUT2D eigenvalue weighted by molar-refractivity contribution is 0.0697. The monoisotopic (exact) mass is 612 g/mol. The summed E-state index contributed by atoms with van der Waals surface area (Å²) in [5.41, 5.74) is 0.925. The van der Waals surface area contributed by atoms with Gasteiger partial charge in [0.1, 0.15) is 18.2 Å². The predicted octanol–water partition coefficient (Wildman–Crippen LogP) is 6.85. The molecule has 1 saturated heterocycles. The van der Waals surface area contributed by atoms with E-state index in [0.717, 1.165) is 11.6 Å².